The van der Waals surface area contributed by atoms with Crippen LogP contribution in [0.5, 0.6) is 5.75 Å². The highest BCUT2D eigenvalue weighted by atomic mass is 32.1. The highest BCUT2D eigenvalue weighted by Crippen LogP contribution is 2.40. The first kappa shape index (κ1) is 26.0. The van der Waals surface area contributed by atoms with Crippen LogP contribution in [0, 0.1) is 5.41 Å². The molecule has 1 aromatic carbocycles. The zero-order valence-corrected chi connectivity index (χ0v) is 21.4. The summed E-state index contributed by atoms with van der Waals surface area (Å²) in [5.41, 5.74) is 1.11. The number of piperidine rings is 1. The van der Waals surface area contributed by atoms with Crippen molar-refractivity contribution in [2.45, 2.75) is 52.5 Å². The number of nitrogens with zero attached hydrogens (tertiary/aromatic N) is 2. The first-order chi connectivity index (χ1) is 16.4. The molecule has 2 aliphatic heterocycles. The zero-order valence-electron chi connectivity index (χ0n) is 20.5. The van der Waals surface area contributed by atoms with Crippen LogP contribution in [0.2, 0.25) is 0 Å². The van der Waals surface area contributed by atoms with Gasteiger partial charge in [0.25, 0.3) is 0 Å². The van der Waals surface area contributed by atoms with E-state index in [9.17, 15) is 9.59 Å². The topological polar surface area (TPSA) is 71.1 Å². The molecule has 0 radical (unpaired) electrons. The lowest BCUT2D eigenvalue weighted by Crippen LogP contribution is -2.46. The van der Waals surface area contributed by atoms with Crippen LogP contribution >= 0.6 is 12.2 Å². The van der Waals surface area contributed by atoms with Crippen LogP contribution in [0.25, 0.3) is 6.08 Å². The maximum Gasteiger partial charge on any atom is 0.307 e. The number of nitrogens with one attached hydrogen (secondary N) is 1. The molecule has 1 amide bonds. The van der Waals surface area contributed by atoms with Crippen molar-refractivity contribution in [2.75, 3.05) is 39.4 Å². The molecule has 1 atom stereocenters. The largest absolute Gasteiger partial charge is 0.493 e. The smallest absolute Gasteiger partial charge is 0.307 e. The second kappa shape index (κ2) is 12.2. The fraction of sp³-hybridized carbons (Fsp3) is 0.577. The molecule has 0 aliphatic carbocycles. The van der Waals surface area contributed by atoms with Gasteiger partial charge in [-0.2, -0.15) is 0 Å². The van der Waals surface area contributed by atoms with Crippen molar-refractivity contribution >= 4 is 35.3 Å². The Bertz CT molecular complexity index is 896. The number of benzene rings is 1. The molecule has 2 saturated heterocycles. The number of para-hydroxylation sites is 1. The van der Waals surface area contributed by atoms with Gasteiger partial charge in [-0.1, -0.05) is 18.2 Å². The Labute approximate surface area is 208 Å². The SMILES string of the molecule is CCOC(=O)CC(C)NC(=S)N1CCC2(CCN(C(=O)C=Cc3ccccc3OCC)CC2)C1. The molecule has 1 unspecified atom stereocenters. The lowest BCUT2D eigenvalue weighted by Gasteiger charge is -2.39. The molecule has 34 heavy (non-hydrogen) atoms. The van der Waals surface area contributed by atoms with E-state index in [1.165, 1.54) is 0 Å². The Morgan fingerprint density at radius 2 is 1.79 bits per heavy atom. The maximum atomic E-state index is 12.8. The van der Waals surface area contributed by atoms with Crippen molar-refractivity contribution in [1.82, 2.24) is 15.1 Å². The number of ether oxygens (including phenoxy) is 2. The Kier molecular flexibility index (Phi) is 9.33. The van der Waals surface area contributed by atoms with Crippen LogP contribution in [0.3, 0.4) is 0 Å². The van der Waals surface area contributed by atoms with Gasteiger partial charge in [-0.05, 0) is 69.8 Å². The molecule has 1 N–H and O–H groups in total. The second-order valence-electron chi connectivity index (χ2n) is 9.16. The Balaban J connectivity index is 1.47. The number of carbonyl (C=O) groups is 2. The molecule has 7 nitrogen and oxygen atoms in total. The van der Waals surface area contributed by atoms with Gasteiger partial charge in [0.1, 0.15) is 5.75 Å². The summed E-state index contributed by atoms with van der Waals surface area (Å²) in [6.07, 6.45) is 6.81. The van der Waals surface area contributed by atoms with Crippen molar-refractivity contribution in [3.63, 3.8) is 0 Å². The third kappa shape index (κ3) is 6.95. The van der Waals surface area contributed by atoms with E-state index in [1.54, 1.807) is 13.0 Å². The van der Waals surface area contributed by atoms with Crippen LogP contribution in [-0.2, 0) is 14.3 Å². The number of likely N-dealkylation sites (tertiary alicyclic amines) is 2. The van der Waals surface area contributed by atoms with Gasteiger partial charge < -0.3 is 24.6 Å². The fourth-order valence-corrected chi connectivity index (χ4v) is 5.07. The number of carbonyl (C=O) groups excluding carboxylic acids is 2. The lowest BCUT2D eigenvalue weighted by molar-refractivity contribution is -0.143. The highest BCUT2D eigenvalue weighted by Gasteiger charge is 2.42. The van der Waals surface area contributed by atoms with Gasteiger partial charge in [0.05, 0.1) is 19.6 Å². The summed E-state index contributed by atoms with van der Waals surface area (Å²) in [5.74, 6) is 0.621. The Hall–Kier alpha value is -2.61. The van der Waals surface area contributed by atoms with E-state index in [2.05, 4.69) is 10.2 Å². The molecular weight excluding hydrogens is 450 g/mol. The summed E-state index contributed by atoms with van der Waals surface area (Å²) in [6.45, 7) is 9.98. The maximum absolute atomic E-state index is 12.8. The number of hydrogen-bond donors (Lipinski definition) is 1. The van der Waals surface area contributed by atoms with Gasteiger partial charge in [-0.15, -0.1) is 0 Å². The average molecular weight is 488 g/mol. The van der Waals surface area contributed by atoms with Crippen LogP contribution in [0.15, 0.2) is 30.3 Å². The summed E-state index contributed by atoms with van der Waals surface area (Å²) in [4.78, 5) is 28.6. The van der Waals surface area contributed by atoms with Crippen molar-refractivity contribution in [1.29, 1.82) is 0 Å². The summed E-state index contributed by atoms with van der Waals surface area (Å²) < 4.78 is 10.7. The van der Waals surface area contributed by atoms with Crippen LogP contribution in [-0.4, -0.2) is 72.2 Å². The number of hydrogen-bond acceptors (Lipinski definition) is 5. The van der Waals surface area contributed by atoms with E-state index in [1.807, 2.05) is 49.1 Å². The third-order valence-electron chi connectivity index (χ3n) is 6.63. The number of rotatable bonds is 8. The number of amides is 1. The van der Waals surface area contributed by atoms with Crippen molar-refractivity contribution in [3.05, 3.63) is 35.9 Å². The van der Waals surface area contributed by atoms with E-state index in [-0.39, 0.29) is 23.3 Å². The zero-order chi connectivity index (χ0) is 24.6. The summed E-state index contributed by atoms with van der Waals surface area (Å²) in [6, 6.07) is 7.68. The second-order valence-corrected chi connectivity index (χ2v) is 9.55. The number of esters is 1. The Morgan fingerprint density at radius 1 is 1.12 bits per heavy atom. The van der Waals surface area contributed by atoms with E-state index < -0.39 is 0 Å². The molecule has 3 rings (SSSR count). The minimum absolute atomic E-state index is 0.0426. The molecule has 186 valence electrons. The molecule has 0 bridgehead atoms. The van der Waals surface area contributed by atoms with Crippen molar-refractivity contribution in [2.24, 2.45) is 5.41 Å². The third-order valence-corrected chi connectivity index (χ3v) is 7.01. The van der Waals surface area contributed by atoms with E-state index in [0.29, 0.717) is 24.7 Å². The molecule has 2 fully saturated rings. The van der Waals surface area contributed by atoms with Gasteiger partial charge in [0.15, 0.2) is 5.11 Å². The van der Waals surface area contributed by atoms with Crippen molar-refractivity contribution < 1.29 is 19.1 Å². The standard InChI is InChI=1S/C26H37N3O4S/c1-4-32-22-9-7-6-8-21(22)10-11-23(30)28-15-12-26(13-16-28)14-17-29(19-26)25(34)27-20(3)18-24(31)33-5-2/h6-11,20H,4-5,12-19H2,1-3H3,(H,27,34). The molecule has 0 saturated carbocycles. The minimum atomic E-state index is -0.212. The molecule has 1 spiro atoms. The summed E-state index contributed by atoms with van der Waals surface area (Å²) in [5, 5.41) is 3.98. The van der Waals surface area contributed by atoms with E-state index >= 15 is 0 Å². The summed E-state index contributed by atoms with van der Waals surface area (Å²) >= 11 is 5.61. The molecule has 2 aliphatic rings. The number of thiocarbonyl (C=S) groups is 1. The summed E-state index contributed by atoms with van der Waals surface area (Å²) in [7, 11) is 0. The highest BCUT2D eigenvalue weighted by molar-refractivity contribution is 7.80. The van der Waals surface area contributed by atoms with Gasteiger partial charge in [0.2, 0.25) is 5.91 Å². The first-order valence-corrected chi connectivity index (χ1v) is 12.7. The van der Waals surface area contributed by atoms with Gasteiger partial charge in [-0.3, -0.25) is 9.59 Å². The average Bonchev–Trinajstić information content (AvgIpc) is 3.22. The van der Waals surface area contributed by atoms with Crippen LogP contribution in [0.1, 0.15) is 52.0 Å². The molecule has 0 aromatic heterocycles. The quantitative estimate of drug-likeness (QED) is 0.341. The minimum Gasteiger partial charge on any atom is -0.493 e. The van der Waals surface area contributed by atoms with Gasteiger partial charge >= 0.3 is 5.97 Å². The van der Waals surface area contributed by atoms with E-state index in [0.717, 1.165) is 56.8 Å². The molecular formula is C26H37N3O4S. The monoisotopic (exact) mass is 487 g/mol. The fourth-order valence-electron chi connectivity index (χ4n) is 4.71. The van der Waals surface area contributed by atoms with Crippen LogP contribution < -0.4 is 10.1 Å². The van der Waals surface area contributed by atoms with Crippen molar-refractivity contribution in [3.8, 4) is 5.75 Å². The van der Waals surface area contributed by atoms with Crippen LogP contribution in [0.4, 0.5) is 0 Å². The predicted octanol–water partition coefficient (Wildman–Crippen LogP) is 3.63. The van der Waals surface area contributed by atoms with Gasteiger partial charge in [0, 0.05) is 43.9 Å². The molecule has 8 heteroatoms. The lowest BCUT2D eigenvalue weighted by atomic mass is 9.78. The van der Waals surface area contributed by atoms with Gasteiger partial charge in [-0.25, -0.2) is 0 Å². The Morgan fingerprint density at radius 3 is 2.47 bits per heavy atom. The molecule has 2 heterocycles. The molecule has 1 aromatic rings. The van der Waals surface area contributed by atoms with E-state index in [4.69, 9.17) is 21.7 Å². The predicted molar refractivity (Wildman–Crippen MR) is 138 cm³/mol. The normalized spacial score (nSPS) is 18.2. The first-order valence-electron chi connectivity index (χ1n) is 12.3.